The molecule has 0 saturated carbocycles. The van der Waals surface area contributed by atoms with Crippen molar-refractivity contribution in [2.45, 2.75) is 205 Å². The Morgan fingerprint density at radius 2 is 0.787 bits per heavy atom. The van der Waals surface area contributed by atoms with Gasteiger partial charge in [-0.05, 0) is 72.8 Å². The van der Waals surface area contributed by atoms with E-state index < -0.39 is 5.85 Å². The summed E-state index contributed by atoms with van der Waals surface area (Å²) in [5, 5.41) is 11.0. The van der Waals surface area contributed by atoms with E-state index in [1.165, 1.54) is 141 Å². The molecule has 0 rings (SSSR count). The van der Waals surface area contributed by atoms with E-state index in [9.17, 15) is 14.7 Å². The molecule has 0 radical (unpaired) electrons. The highest BCUT2D eigenvalue weighted by atomic mass is 31.1. The van der Waals surface area contributed by atoms with Crippen molar-refractivity contribution in [3.63, 3.8) is 0 Å². The molecular weight excluding hydrogens is 616 g/mol. The molecule has 0 spiro atoms. The highest BCUT2D eigenvalue weighted by Crippen LogP contribution is 2.38. The first-order valence-electron chi connectivity index (χ1n) is 20.1. The molecular formula is C41H80NO3P2+. The Hall–Kier alpha value is -0.400. The van der Waals surface area contributed by atoms with Crippen LogP contribution >= 0.6 is 17.2 Å². The van der Waals surface area contributed by atoms with Crippen molar-refractivity contribution in [2.24, 2.45) is 0 Å². The van der Waals surface area contributed by atoms with E-state index in [1.54, 1.807) is 0 Å². The monoisotopic (exact) mass is 697 g/mol. The first-order valence-corrected chi connectivity index (χ1v) is 22.3. The average Bonchev–Trinajstić information content (AvgIpc) is 3.03. The predicted molar refractivity (Wildman–Crippen MR) is 213 cm³/mol. The van der Waals surface area contributed by atoms with Gasteiger partial charge in [-0.2, -0.15) is 0 Å². The van der Waals surface area contributed by atoms with Crippen LogP contribution in [-0.4, -0.2) is 53.4 Å². The quantitative estimate of drug-likeness (QED) is 0.0307. The van der Waals surface area contributed by atoms with Gasteiger partial charge in [-0.25, -0.2) is 0 Å². The number of aliphatic hydroxyl groups is 1. The lowest BCUT2D eigenvalue weighted by Crippen LogP contribution is -2.48. The average molecular weight is 697 g/mol. The van der Waals surface area contributed by atoms with E-state index in [-0.39, 0.29) is 34.0 Å². The second-order valence-electron chi connectivity index (χ2n) is 14.8. The molecule has 0 aliphatic heterocycles. The predicted octanol–water partition coefficient (Wildman–Crippen LogP) is 12.8. The number of unbranched alkanes of at least 4 members (excludes halogenated alkanes) is 22. The lowest BCUT2D eigenvalue weighted by molar-refractivity contribution is -0.883. The van der Waals surface area contributed by atoms with Gasteiger partial charge in [-0.15, -0.1) is 0 Å². The van der Waals surface area contributed by atoms with Crippen LogP contribution in [0.1, 0.15) is 194 Å². The first-order chi connectivity index (χ1) is 22.7. The van der Waals surface area contributed by atoms with Crippen LogP contribution < -0.4 is 0 Å². The number of allylic oxidation sites excluding steroid dienone is 4. The van der Waals surface area contributed by atoms with E-state index in [4.69, 9.17) is 0 Å². The number of quaternary nitrogens is 1. The van der Waals surface area contributed by atoms with E-state index in [0.717, 1.165) is 25.7 Å². The Balaban J connectivity index is 3.95. The molecule has 4 nitrogen and oxygen atoms in total. The third-order valence-electron chi connectivity index (χ3n) is 9.08. The van der Waals surface area contributed by atoms with E-state index in [0.29, 0.717) is 17.3 Å². The molecule has 4 atom stereocenters. The molecule has 47 heavy (non-hydrogen) atoms. The Bertz CT molecular complexity index is 777. The van der Waals surface area contributed by atoms with Crippen LogP contribution in [0.2, 0.25) is 0 Å². The Labute approximate surface area is 297 Å². The molecule has 0 bridgehead atoms. The highest BCUT2D eigenvalue weighted by molar-refractivity contribution is 7.62. The topological polar surface area (TPSA) is 54.4 Å². The maximum absolute atomic E-state index is 12.8. The summed E-state index contributed by atoms with van der Waals surface area (Å²) in [5.41, 5.74) is 0.428. The largest absolute Gasteiger partial charge is 0.382 e. The Kier molecular flexibility index (Phi) is 33.8. The molecule has 0 aliphatic carbocycles. The van der Waals surface area contributed by atoms with Crippen LogP contribution in [0.5, 0.6) is 0 Å². The zero-order valence-corrected chi connectivity index (χ0v) is 34.0. The van der Waals surface area contributed by atoms with Crippen LogP contribution in [-0.2, 0) is 9.59 Å². The molecule has 6 heteroatoms. The summed E-state index contributed by atoms with van der Waals surface area (Å²) >= 11 is 0. The van der Waals surface area contributed by atoms with Crippen LogP contribution in [0.4, 0.5) is 0 Å². The smallest absolute Gasteiger partial charge is 0.157 e. The summed E-state index contributed by atoms with van der Waals surface area (Å²) in [4.78, 5) is 25.5. The number of likely N-dealkylation sites (N-methyl/N-ethyl adjacent to an activating group) is 1. The summed E-state index contributed by atoms with van der Waals surface area (Å²) in [6.45, 7) is 4.54. The van der Waals surface area contributed by atoms with Gasteiger partial charge in [0.15, 0.2) is 11.0 Å². The minimum absolute atomic E-state index is 0.0635. The summed E-state index contributed by atoms with van der Waals surface area (Å²) in [5.74, 6) is -0.913. The number of aliphatic hydroxyl groups excluding tert-OH is 1. The Morgan fingerprint density at radius 1 is 0.489 bits per heavy atom. The fraction of sp³-hybridized carbons (Fsp3) is 0.854. The summed E-state index contributed by atoms with van der Waals surface area (Å²) in [6, 6.07) is 0. The maximum Gasteiger partial charge on any atom is 0.157 e. The Morgan fingerprint density at radius 3 is 1.13 bits per heavy atom. The summed E-state index contributed by atoms with van der Waals surface area (Å²) < 4.78 is 0.519. The molecule has 0 amide bonds. The van der Waals surface area contributed by atoms with Crippen LogP contribution in [0.15, 0.2) is 24.3 Å². The molecule has 0 aromatic rings. The van der Waals surface area contributed by atoms with E-state index >= 15 is 0 Å². The normalized spacial score (nSPS) is 14.1. The van der Waals surface area contributed by atoms with Crippen LogP contribution in [0, 0.1) is 0 Å². The van der Waals surface area contributed by atoms with Crippen LogP contribution in [0.3, 0.4) is 0 Å². The van der Waals surface area contributed by atoms with Crippen molar-refractivity contribution in [3.8, 4) is 0 Å². The maximum atomic E-state index is 12.8. The number of hydrogen-bond acceptors (Lipinski definition) is 3. The van der Waals surface area contributed by atoms with E-state index in [2.05, 4.69) is 38.2 Å². The second-order valence-corrected chi connectivity index (χ2v) is 17.7. The molecule has 0 aromatic heterocycles. The van der Waals surface area contributed by atoms with Gasteiger partial charge in [-0.3, -0.25) is 9.59 Å². The zero-order chi connectivity index (χ0) is 34.9. The fourth-order valence-corrected chi connectivity index (χ4v) is 8.91. The number of hydrogen-bond donors (Lipinski definition) is 1. The molecule has 276 valence electrons. The number of rotatable bonds is 36. The minimum atomic E-state index is -0.720. The van der Waals surface area contributed by atoms with Gasteiger partial charge in [0.05, 0.1) is 21.1 Å². The second kappa shape index (κ2) is 34.1. The third kappa shape index (κ3) is 32.6. The third-order valence-corrected chi connectivity index (χ3v) is 12.6. The van der Waals surface area contributed by atoms with Gasteiger partial charge < -0.3 is 9.59 Å². The van der Waals surface area contributed by atoms with Gasteiger partial charge in [-0.1, -0.05) is 141 Å². The molecule has 0 fully saturated rings. The van der Waals surface area contributed by atoms with E-state index in [1.807, 2.05) is 21.1 Å². The molecule has 0 saturated heterocycles. The lowest BCUT2D eigenvalue weighted by atomic mass is 10.1. The molecule has 4 unspecified atom stereocenters. The first kappa shape index (κ1) is 46.6. The van der Waals surface area contributed by atoms with Gasteiger partial charge in [0.2, 0.25) is 0 Å². The van der Waals surface area contributed by atoms with Crippen molar-refractivity contribution in [3.05, 3.63) is 24.3 Å². The van der Waals surface area contributed by atoms with Crippen molar-refractivity contribution in [1.29, 1.82) is 0 Å². The van der Waals surface area contributed by atoms with Gasteiger partial charge in [0.25, 0.3) is 0 Å². The minimum Gasteiger partial charge on any atom is -0.382 e. The molecule has 0 aromatic carbocycles. The molecule has 0 heterocycles. The van der Waals surface area contributed by atoms with Gasteiger partial charge in [0.1, 0.15) is 11.6 Å². The summed E-state index contributed by atoms with van der Waals surface area (Å²) in [6.07, 6.45) is 43.1. The van der Waals surface area contributed by atoms with Gasteiger partial charge in [0, 0.05) is 21.4 Å². The number of carbonyl (C=O) groups excluding carboxylic acids is 2. The van der Waals surface area contributed by atoms with Crippen molar-refractivity contribution in [2.75, 3.05) is 21.1 Å². The molecule has 1 N–H and O–H groups in total. The van der Waals surface area contributed by atoms with Crippen molar-refractivity contribution in [1.82, 2.24) is 0 Å². The van der Waals surface area contributed by atoms with Crippen LogP contribution in [0.25, 0.3) is 0 Å². The highest BCUT2D eigenvalue weighted by Gasteiger charge is 2.34. The number of nitrogens with zero attached hydrogens (tertiary/aromatic N) is 1. The zero-order valence-electron chi connectivity index (χ0n) is 32.0. The lowest BCUT2D eigenvalue weighted by Gasteiger charge is -2.36. The van der Waals surface area contributed by atoms with Crippen molar-refractivity contribution < 1.29 is 19.2 Å². The molecule has 0 aliphatic rings. The standard InChI is InChI=1S/C41H80NO3P2/c1-6-8-10-12-14-16-18-20-22-24-26-28-30-32-34-36-38(43)46-40(42(3,4)5)41(45)47-39(44)37-35-33-31-29-27-25-23-21-19-17-15-13-11-9-7-2/h20-23,40-41,45-47H,6-19,24-37H2,1-5H3/q+1/b22-20+,23-21+. The number of carbonyl (C=O) groups is 2. The fourth-order valence-electron chi connectivity index (χ4n) is 5.96. The van der Waals surface area contributed by atoms with Gasteiger partial charge >= 0.3 is 0 Å². The van der Waals surface area contributed by atoms with Crippen molar-refractivity contribution >= 4 is 28.2 Å². The summed E-state index contributed by atoms with van der Waals surface area (Å²) in [7, 11) is 6.06. The SMILES string of the molecule is CCCCCCCC/C=C/CCCCCCCC(=O)PC(O)C(PC(=O)CCCCCCC/C=C/CCCCCCCC)[N+](C)(C)C.